The number of carbonyl (C=O) groups is 2. The van der Waals surface area contributed by atoms with E-state index in [1.165, 1.54) is 12.1 Å². The summed E-state index contributed by atoms with van der Waals surface area (Å²) in [5.74, 6) is -0.601. The molecule has 8 heteroatoms. The van der Waals surface area contributed by atoms with Gasteiger partial charge >= 0.3 is 18.2 Å². The van der Waals surface area contributed by atoms with E-state index in [4.69, 9.17) is 4.74 Å². The molecule has 1 aliphatic rings. The fraction of sp³-hybridized carbons (Fsp3) is 0.444. The Kier molecular flexibility index (Phi) is 6.28. The van der Waals surface area contributed by atoms with Gasteiger partial charge in [0.05, 0.1) is 23.8 Å². The summed E-state index contributed by atoms with van der Waals surface area (Å²) < 4.78 is 43.4. The summed E-state index contributed by atoms with van der Waals surface area (Å²) >= 11 is 0. The van der Waals surface area contributed by atoms with Crippen LogP contribution in [0.5, 0.6) is 0 Å². The van der Waals surface area contributed by atoms with Crippen LogP contribution < -0.4 is 10.6 Å². The van der Waals surface area contributed by atoms with Gasteiger partial charge in [-0.1, -0.05) is 25.5 Å². The first-order valence-corrected chi connectivity index (χ1v) is 8.42. The number of unbranched alkanes of at least 4 members (excludes halogenated alkanes) is 1. The topological polar surface area (TPSA) is 67.4 Å². The van der Waals surface area contributed by atoms with Gasteiger partial charge in [-0.2, -0.15) is 13.2 Å². The summed E-state index contributed by atoms with van der Waals surface area (Å²) in [6, 6.07) is 3.01. The second kappa shape index (κ2) is 8.25. The van der Waals surface area contributed by atoms with Gasteiger partial charge in [-0.05, 0) is 37.5 Å². The van der Waals surface area contributed by atoms with Crippen LogP contribution in [0.15, 0.2) is 35.5 Å². The summed E-state index contributed by atoms with van der Waals surface area (Å²) in [6.45, 7) is 3.78. The molecule has 142 valence electrons. The zero-order valence-corrected chi connectivity index (χ0v) is 14.6. The number of hydrogen-bond donors (Lipinski definition) is 2. The molecule has 0 bridgehead atoms. The van der Waals surface area contributed by atoms with E-state index >= 15 is 0 Å². The predicted octanol–water partition coefficient (Wildman–Crippen LogP) is 4.07. The molecule has 2 N–H and O–H groups in total. The third-order valence-electron chi connectivity index (χ3n) is 4.00. The zero-order valence-electron chi connectivity index (χ0n) is 14.6. The number of amides is 2. The summed E-state index contributed by atoms with van der Waals surface area (Å²) in [7, 11) is 0. The summed E-state index contributed by atoms with van der Waals surface area (Å²) in [4.78, 5) is 24.4. The number of urea groups is 1. The van der Waals surface area contributed by atoms with Crippen molar-refractivity contribution in [2.24, 2.45) is 0 Å². The number of esters is 1. The van der Waals surface area contributed by atoms with Gasteiger partial charge in [-0.25, -0.2) is 9.59 Å². The molecule has 2 rings (SSSR count). The number of rotatable bonds is 6. The fourth-order valence-corrected chi connectivity index (χ4v) is 2.73. The van der Waals surface area contributed by atoms with E-state index in [0.717, 1.165) is 25.0 Å². The van der Waals surface area contributed by atoms with Crippen LogP contribution in [0.4, 0.5) is 18.0 Å². The van der Waals surface area contributed by atoms with E-state index in [9.17, 15) is 22.8 Å². The number of carbonyl (C=O) groups excluding carboxylic acids is 2. The monoisotopic (exact) mass is 370 g/mol. The van der Waals surface area contributed by atoms with Gasteiger partial charge in [0.1, 0.15) is 0 Å². The second-order valence-electron chi connectivity index (χ2n) is 5.87. The molecule has 1 aromatic carbocycles. The van der Waals surface area contributed by atoms with Gasteiger partial charge < -0.3 is 15.4 Å². The molecule has 26 heavy (non-hydrogen) atoms. The van der Waals surface area contributed by atoms with Crippen molar-refractivity contribution in [3.05, 3.63) is 46.7 Å². The molecule has 1 heterocycles. The number of nitrogens with one attached hydrogen (secondary N) is 2. The van der Waals surface area contributed by atoms with Crippen LogP contribution in [0, 0.1) is 0 Å². The number of hydrogen-bond acceptors (Lipinski definition) is 3. The summed E-state index contributed by atoms with van der Waals surface area (Å²) in [5.41, 5.74) is 0.248. The molecular formula is C18H21F3N2O3. The molecule has 1 atom stereocenters. The van der Waals surface area contributed by atoms with Crippen LogP contribution in [-0.2, 0) is 15.7 Å². The highest BCUT2D eigenvalue weighted by Gasteiger charge is 2.35. The van der Waals surface area contributed by atoms with E-state index in [-0.39, 0.29) is 12.2 Å². The van der Waals surface area contributed by atoms with Crippen LogP contribution in [-0.4, -0.2) is 18.6 Å². The average Bonchev–Trinajstić information content (AvgIpc) is 2.58. The Hall–Kier alpha value is -2.51. The highest BCUT2D eigenvalue weighted by atomic mass is 19.4. The van der Waals surface area contributed by atoms with Gasteiger partial charge in [-0.15, -0.1) is 0 Å². The molecule has 1 unspecified atom stereocenters. The lowest BCUT2D eigenvalue weighted by Gasteiger charge is -2.29. The number of benzene rings is 1. The maximum absolute atomic E-state index is 12.8. The van der Waals surface area contributed by atoms with Gasteiger partial charge in [0.15, 0.2) is 0 Å². The van der Waals surface area contributed by atoms with Crippen molar-refractivity contribution in [1.82, 2.24) is 10.6 Å². The third-order valence-corrected chi connectivity index (χ3v) is 4.00. The number of alkyl halides is 3. The van der Waals surface area contributed by atoms with E-state index in [1.807, 2.05) is 6.92 Å². The highest BCUT2D eigenvalue weighted by molar-refractivity contribution is 5.95. The Balaban J connectivity index is 2.45. The maximum atomic E-state index is 12.8. The van der Waals surface area contributed by atoms with Crippen LogP contribution in [0.3, 0.4) is 0 Å². The van der Waals surface area contributed by atoms with Gasteiger partial charge in [0.2, 0.25) is 0 Å². The van der Waals surface area contributed by atoms with Crippen LogP contribution >= 0.6 is 0 Å². The van der Waals surface area contributed by atoms with Crippen molar-refractivity contribution < 1.29 is 27.5 Å². The molecule has 1 aromatic rings. The first kappa shape index (κ1) is 19.8. The van der Waals surface area contributed by atoms with Crippen LogP contribution in [0.25, 0.3) is 0 Å². The van der Waals surface area contributed by atoms with Crippen molar-refractivity contribution in [3.8, 4) is 0 Å². The number of ether oxygens (including phenoxy) is 1. The van der Waals surface area contributed by atoms with Gasteiger partial charge in [-0.3, -0.25) is 0 Å². The zero-order chi connectivity index (χ0) is 19.3. The van der Waals surface area contributed by atoms with E-state index < -0.39 is 29.8 Å². The third kappa shape index (κ3) is 4.56. The van der Waals surface area contributed by atoms with Crippen molar-refractivity contribution in [2.45, 2.75) is 45.3 Å². The fourth-order valence-electron chi connectivity index (χ4n) is 2.73. The minimum absolute atomic E-state index is 0.150. The molecule has 0 aromatic heterocycles. The number of halogens is 3. The normalized spacial score (nSPS) is 17.6. The Labute approximate surface area is 149 Å². The lowest BCUT2D eigenvalue weighted by Crippen LogP contribution is -2.46. The minimum Gasteiger partial charge on any atom is -0.463 e. The van der Waals surface area contributed by atoms with E-state index in [0.29, 0.717) is 17.7 Å². The standard InChI is InChI=1S/C18H21F3N2O3/c1-3-5-6-13-14(16(24)26-4-2)15(23-17(25)22-13)11-7-9-12(10-8-11)18(19,20)21/h7-10,15H,3-6H2,1-2H3,(H2,22,23,25). The SMILES string of the molecule is CCCCC1=C(C(=O)OCC)C(c2ccc(C(F)(F)F)cc2)NC(=O)N1. The predicted molar refractivity (Wildman–Crippen MR) is 89.0 cm³/mol. The summed E-state index contributed by atoms with van der Waals surface area (Å²) in [5, 5.41) is 5.22. The molecule has 1 aliphatic heterocycles. The largest absolute Gasteiger partial charge is 0.463 e. The Morgan fingerprint density at radius 1 is 1.19 bits per heavy atom. The Morgan fingerprint density at radius 2 is 1.85 bits per heavy atom. The average molecular weight is 370 g/mol. The quantitative estimate of drug-likeness (QED) is 0.742. The molecule has 5 nitrogen and oxygen atoms in total. The summed E-state index contributed by atoms with van der Waals surface area (Å²) in [6.07, 6.45) is -2.39. The second-order valence-corrected chi connectivity index (χ2v) is 5.87. The van der Waals surface area contributed by atoms with Crippen molar-refractivity contribution in [1.29, 1.82) is 0 Å². The first-order valence-electron chi connectivity index (χ1n) is 8.42. The molecule has 0 spiro atoms. The van der Waals surface area contributed by atoms with E-state index in [1.54, 1.807) is 6.92 Å². The van der Waals surface area contributed by atoms with Crippen molar-refractivity contribution in [3.63, 3.8) is 0 Å². The molecule has 0 saturated carbocycles. The highest BCUT2D eigenvalue weighted by Crippen LogP contribution is 2.33. The van der Waals surface area contributed by atoms with Crippen molar-refractivity contribution >= 4 is 12.0 Å². The molecule has 0 radical (unpaired) electrons. The van der Waals surface area contributed by atoms with Crippen LogP contribution in [0.1, 0.15) is 50.3 Å². The van der Waals surface area contributed by atoms with E-state index in [2.05, 4.69) is 10.6 Å². The molecule has 2 amide bonds. The van der Waals surface area contributed by atoms with Gasteiger partial charge in [0, 0.05) is 5.70 Å². The Morgan fingerprint density at radius 3 is 2.38 bits per heavy atom. The first-order chi connectivity index (χ1) is 12.3. The lowest BCUT2D eigenvalue weighted by atomic mass is 9.93. The lowest BCUT2D eigenvalue weighted by molar-refractivity contribution is -0.139. The molecule has 0 saturated heterocycles. The van der Waals surface area contributed by atoms with Crippen molar-refractivity contribution in [2.75, 3.05) is 6.61 Å². The smallest absolute Gasteiger partial charge is 0.416 e. The molecular weight excluding hydrogens is 349 g/mol. The van der Waals surface area contributed by atoms with Gasteiger partial charge in [0.25, 0.3) is 0 Å². The minimum atomic E-state index is -4.46. The molecule has 0 fully saturated rings. The maximum Gasteiger partial charge on any atom is 0.416 e. The Bertz CT molecular complexity index is 697. The molecule has 0 aliphatic carbocycles. The number of allylic oxidation sites excluding steroid dienone is 1. The van der Waals surface area contributed by atoms with Crippen LogP contribution in [0.2, 0.25) is 0 Å².